The molecule has 0 aliphatic heterocycles. The van der Waals surface area contributed by atoms with Crippen LogP contribution in [0.2, 0.25) is 0 Å². The maximum Gasteiger partial charge on any atom is 0.252 e. The quantitative estimate of drug-likeness (QED) is 0.646. The van der Waals surface area contributed by atoms with Crippen molar-refractivity contribution in [2.24, 2.45) is 5.73 Å². The molecule has 1 aliphatic carbocycles. The van der Waals surface area contributed by atoms with E-state index in [4.69, 9.17) is 5.73 Å². The Balaban J connectivity index is 2.16. The van der Waals surface area contributed by atoms with Gasteiger partial charge in [-0.15, -0.1) is 0 Å². The fourth-order valence-corrected chi connectivity index (χ4v) is 2.47. The van der Waals surface area contributed by atoms with E-state index >= 15 is 0 Å². The molecule has 5 nitrogen and oxygen atoms in total. The van der Waals surface area contributed by atoms with Crippen molar-refractivity contribution in [2.45, 2.75) is 31.2 Å². The van der Waals surface area contributed by atoms with Crippen molar-refractivity contribution >= 4 is 5.91 Å². The van der Waals surface area contributed by atoms with Gasteiger partial charge in [0.2, 0.25) is 0 Å². The van der Waals surface area contributed by atoms with Gasteiger partial charge in [0.05, 0.1) is 5.54 Å². The van der Waals surface area contributed by atoms with Gasteiger partial charge in [-0.1, -0.05) is 12.8 Å². The molecule has 0 saturated heterocycles. The van der Waals surface area contributed by atoms with E-state index in [1.165, 1.54) is 18.2 Å². The van der Waals surface area contributed by atoms with Crippen LogP contribution in [0.1, 0.15) is 36.0 Å². The first-order chi connectivity index (χ1) is 8.54. The van der Waals surface area contributed by atoms with Gasteiger partial charge in [0.15, 0.2) is 0 Å². The Morgan fingerprint density at radius 1 is 1.22 bits per heavy atom. The zero-order valence-electron chi connectivity index (χ0n) is 10.1. The molecule has 0 aromatic heterocycles. The monoisotopic (exact) mass is 250 g/mol. The Morgan fingerprint density at radius 3 is 2.28 bits per heavy atom. The minimum atomic E-state index is -0.335. The normalized spacial score (nSPS) is 17.6. The summed E-state index contributed by atoms with van der Waals surface area (Å²) >= 11 is 0. The van der Waals surface area contributed by atoms with Gasteiger partial charge in [-0.2, -0.15) is 0 Å². The Hall–Kier alpha value is -1.75. The van der Waals surface area contributed by atoms with Crippen LogP contribution < -0.4 is 11.1 Å². The third-order valence-corrected chi connectivity index (χ3v) is 3.49. The van der Waals surface area contributed by atoms with Gasteiger partial charge in [0.25, 0.3) is 5.91 Å². The zero-order chi connectivity index (χ0) is 13.2. The molecule has 1 saturated carbocycles. The largest absolute Gasteiger partial charge is 0.508 e. The van der Waals surface area contributed by atoms with E-state index in [-0.39, 0.29) is 28.5 Å². The van der Waals surface area contributed by atoms with Crippen molar-refractivity contribution < 1.29 is 15.0 Å². The van der Waals surface area contributed by atoms with Gasteiger partial charge >= 0.3 is 0 Å². The molecule has 18 heavy (non-hydrogen) atoms. The maximum atomic E-state index is 12.1. The first kappa shape index (κ1) is 12.7. The summed E-state index contributed by atoms with van der Waals surface area (Å²) in [6, 6.07) is 3.84. The van der Waals surface area contributed by atoms with Gasteiger partial charge in [0.1, 0.15) is 11.5 Å². The van der Waals surface area contributed by atoms with Crippen LogP contribution >= 0.6 is 0 Å². The number of nitrogens with two attached hydrogens (primary N) is 1. The van der Waals surface area contributed by atoms with Crippen LogP contribution in [-0.4, -0.2) is 28.2 Å². The molecule has 0 radical (unpaired) electrons. The lowest BCUT2D eigenvalue weighted by Gasteiger charge is -2.28. The number of carbonyl (C=O) groups is 1. The second-order valence-corrected chi connectivity index (χ2v) is 4.88. The average Bonchev–Trinajstić information content (AvgIpc) is 2.77. The number of hydrogen-bond donors (Lipinski definition) is 4. The molecule has 0 bridgehead atoms. The van der Waals surface area contributed by atoms with Crippen molar-refractivity contribution in [3.05, 3.63) is 23.8 Å². The predicted octanol–water partition coefficient (Wildman–Crippen LogP) is 1.10. The number of phenols is 2. The summed E-state index contributed by atoms with van der Waals surface area (Å²) < 4.78 is 0. The summed E-state index contributed by atoms with van der Waals surface area (Å²) in [5.74, 6) is -0.574. The van der Waals surface area contributed by atoms with Gasteiger partial charge in [-0.25, -0.2) is 0 Å². The summed E-state index contributed by atoms with van der Waals surface area (Å²) in [7, 11) is 0. The van der Waals surface area contributed by atoms with Crippen molar-refractivity contribution in [2.75, 3.05) is 6.54 Å². The zero-order valence-corrected chi connectivity index (χ0v) is 10.1. The van der Waals surface area contributed by atoms with E-state index in [9.17, 15) is 15.0 Å². The number of hydrogen-bond acceptors (Lipinski definition) is 4. The molecule has 0 heterocycles. The smallest absolute Gasteiger partial charge is 0.252 e. The van der Waals surface area contributed by atoms with Crippen LogP contribution in [0.25, 0.3) is 0 Å². The molecule has 1 fully saturated rings. The molecule has 1 aromatic rings. The fourth-order valence-electron chi connectivity index (χ4n) is 2.47. The summed E-state index contributed by atoms with van der Waals surface area (Å²) in [4.78, 5) is 12.1. The van der Waals surface area contributed by atoms with Crippen molar-refractivity contribution in [1.82, 2.24) is 5.32 Å². The number of amides is 1. The maximum absolute atomic E-state index is 12.1. The molecule has 1 amide bonds. The Bertz CT molecular complexity index is 433. The van der Waals surface area contributed by atoms with Gasteiger partial charge in [-0.3, -0.25) is 4.79 Å². The van der Waals surface area contributed by atoms with Crippen LogP contribution in [0.5, 0.6) is 11.5 Å². The summed E-state index contributed by atoms with van der Waals surface area (Å²) in [5.41, 5.74) is 5.65. The fraction of sp³-hybridized carbons (Fsp3) is 0.462. The summed E-state index contributed by atoms with van der Waals surface area (Å²) in [6.07, 6.45) is 3.87. The topological polar surface area (TPSA) is 95.6 Å². The molecule has 0 atom stereocenters. The minimum Gasteiger partial charge on any atom is -0.508 e. The molecule has 5 heteroatoms. The Morgan fingerprint density at radius 2 is 1.78 bits per heavy atom. The summed E-state index contributed by atoms with van der Waals surface area (Å²) in [5, 5.41) is 21.6. The summed E-state index contributed by atoms with van der Waals surface area (Å²) in [6.45, 7) is 0.406. The minimum absolute atomic E-state index is 0.131. The molecule has 1 aromatic carbocycles. The molecule has 0 spiro atoms. The molecule has 1 aliphatic rings. The molecular weight excluding hydrogens is 232 g/mol. The van der Waals surface area contributed by atoms with Crippen molar-refractivity contribution in [3.63, 3.8) is 0 Å². The van der Waals surface area contributed by atoms with Crippen LogP contribution in [0, 0.1) is 0 Å². The molecule has 98 valence electrons. The molecule has 2 rings (SSSR count). The predicted molar refractivity (Wildman–Crippen MR) is 67.5 cm³/mol. The van der Waals surface area contributed by atoms with E-state index in [1.54, 1.807) is 0 Å². The highest BCUT2D eigenvalue weighted by Gasteiger charge is 2.34. The van der Waals surface area contributed by atoms with E-state index in [1.807, 2.05) is 0 Å². The molecular formula is C13H18N2O3. The second-order valence-electron chi connectivity index (χ2n) is 4.88. The van der Waals surface area contributed by atoms with Gasteiger partial charge < -0.3 is 21.3 Å². The number of nitrogens with one attached hydrogen (secondary N) is 1. The average molecular weight is 250 g/mol. The van der Waals surface area contributed by atoms with E-state index in [0.29, 0.717) is 6.54 Å². The van der Waals surface area contributed by atoms with Crippen LogP contribution in [0.15, 0.2) is 18.2 Å². The first-order valence-electron chi connectivity index (χ1n) is 6.10. The highest BCUT2D eigenvalue weighted by Crippen LogP contribution is 2.29. The first-order valence-corrected chi connectivity index (χ1v) is 6.10. The Labute approximate surface area is 106 Å². The van der Waals surface area contributed by atoms with Crippen molar-refractivity contribution in [1.29, 1.82) is 0 Å². The third-order valence-electron chi connectivity index (χ3n) is 3.49. The van der Waals surface area contributed by atoms with Gasteiger partial charge in [0, 0.05) is 18.2 Å². The van der Waals surface area contributed by atoms with E-state index < -0.39 is 0 Å². The number of benzene rings is 1. The van der Waals surface area contributed by atoms with Crippen LogP contribution in [0.4, 0.5) is 0 Å². The van der Waals surface area contributed by atoms with Crippen LogP contribution in [-0.2, 0) is 0 Å². The lowest BCUT2D eigenvalue weighted by molar-refractivity contribution is 0.0902. The number of rotatable bonds is 3. The van der Waals surface area contributed by atoms with E-state index in [2.05, 4.69) is 5.32 Å². The number of aromatic hydroxyl groups is 2. The van der Waals surface area contributed by atoms with Crippen molar-refractivity contribution in [3.8, 4) is 11.5 Å². The molecule has 0 unspecified atom stereocenters. The second kappa shape index (κ2) is 4.86. The number of carbonyl (C=O) groups excluding carboxylic acids is 1. The Kier molecular flexibility index (Phi) is 3.43. The van der Waals surface area contributed by atoms with E-state index in [0.717, 1.165) is 25.7 Å². The highest BCUT2D eigenvalue weighted by atomic mass is 16.3. The van der Waals surface area contributed by atoms with Crippen LogP contribution in [0.3, 0.4) is 0 Å². The lowest BCUT2D eigenvalue weighted by Crippen LogP contribution is -2.51. The highest BCUT2D eigenvalue weighted by molar-refractivity contribution is 5.95. The molecule has 5 N–H and O–H groups in total. The standard InChI is InChI=1S/C13H18N2O3/c14-8-13(3-1-2-4-13)15-12(18)9-5-10(16)7-11(17)6-9/h5-7,16-17H,1-4,8,14H2,(H,15,18). The number of phenolic OH excluding ortho intramolecular Hbond substituents is 2. The van der Waals surface area contributed by atoms with Gasteiger partial charge in [-0.05, 0) is 25.0 Å². The lowest BCUT2D eigenvalue weighted by atomic mass is 9.97. The SMILES string of the molecule is NCC1(NC(=O)c2cc(O)cc(O)c2)CCCC1. The third kappa shape index (κ3) is 2.56.